The van der Waals surface area contributed by atoms with Crippen molar-refractivity contribution in [2.45, 2.75) is 25.4 Å². The average molecular weight is 358 g/mol. The lowest BCUT2D eigenvalue weighted by atomic mass is 10.2. The highest BCUT2D eigenvalue weighted by Crippen LogP contribution is 2.26. The molecule has 1 heterocycles. The maximum Gasteiger partial charge on any atom is 0.272 e. The fourth-order valence-electron chi connectivity index (χ4n) is 2.91. The predicted octanol–water partition coefficient (Wildman–Crippen LogP) is 3.99. The summed E-state index contributed by atoms with van der Waals surface area (Å²) in [5, 5.41) is 3.39. The van der Waals surface area contributed by atoms with Crippen LogP contribution in [0, 0.1) is 0 Å². The summed E-state index contributed by atoms with van der Waals surface area (Å²) in [4.78, 5) is 23.9. The van der Waals surface area contributed by atoms with Gasteiger partial charge in [-0.1, -0.05) is 60.7 Å². The van der Waals surface area contributed by atoms with Crippen LogP contribution in [0.25, 0.3) is 11.4 Å². The second kappa shape index (κ2) is 7.58. The summed E-state index contributed by atoms with van der Waals surface area (Å²) >= 11 is 0. The van der Waals surface area contributed by atoms with E-state index in [0.717, 1.165) is 24.0 Å². The second-order valence-electron chi connectivity index (χ2n) is 6.89. The van der Waals surface area contributed by atoms with Crippen molar-refractivity contribution in [2.24, 2.45) is 0 Å². The highest BCUT2D eigenvalue weighted by molar-refractivity contribution is 5.93. The number of benzene rings is 2. The number of hydrogen-bond acceptors (Lipinski definition) is 4. The summed E-state index contributed by atoms with van der Waals surface area (Å²) in [6.45, 7) is 0.537. The van der Waals surface area contributed by atoms with E-state index in [-0.39, 0.29) is 5.91 Å². The molecule has 0 saturated heterocycles. The summed E-state index contributed by atoms with van der Waals surface area (Å²) in [5.41, 5.74) is 2.39. The van der Waals surface area contributed by atoms with Crippen molar-refractivity contribution < 1.29 is 4.79 Å². The highest BCUT2D eigenvalue weighted by atomic mass is 16.2. The first kappa shape index (κ1) is 17.2. The monoisotopic (exact) mass is 358 g/mol. The summed E-state index contributed by atoms with van der Waals surface area (Å²) in [7, 11) is 1.80. The molecule has 0 radical (unpaired) electrons. The maximum atomic E-state index is 13.0. The van der Waals surface area contributed by atoms with Crippen LogP contribution in [0.3, 0.4) is 0 Å². The van der Waals surface area contributed by atoms with E-state index >= 15 is 0 Å². The largest absolute Gasteiger partial charge is 0.367 e. The Morgan fingerprint density at radius 1 is 1.04 bits per heavy atom. The lowest BCUT2D eigenvalue weighted by Crippen LogP contribution is -2.27. The normalized spacial score (nSPS) is 13.2. The molecule has 0 aliphatic heterocycles. The lowest BCUT2D eigenvalue weighted by Gasteiger charge is -2.18. The van der Waals surface area contributed by atoms with Crippen LogP contribution < -0.4 is 5.32 Å². The molecule has 5 heteroatoms. The van der Waals surface area contributed by atoms with Crippen LogP contribution in [0.5, 0.6) is 0 Å². The molecule has 4 rings (SSSR count). The van der Waals surface area contributed by atoms with Gasteiger partial charge < -0.3 is 10.2 Å². The van der Waals surface area contributed by atoms with Crippen LogP contribution in [-0.2, 0) is 6.54 Å². The Bertz CT molecular complexity index is 924. The minimum atomic E-state index is -0.114. The Morgan fingerprint density at radius 3 is 2.37 bits per heavy atom. The number of nitrogens with zero attached hydrogens (tertiary/aromatic N) is 3. The SMILES string of the molecule is CN(Cc1ccccc1)C(=O)c1cc(NC2CC2)nc(-c2ccccc2)n1. The van der Waals surface area contributed by atoms with Gasteiger partial charge in [0, 0.05) is 31.3 Å². The van der Waals surface area contributed by atoms with Crippen molar-refractivity contribution in [1.82, 2.24) is 14.9 Å². The number of aromatic nitrogens is 2. The summed E-state index contributed by atoms with van der Waals surface area (Å²) in [6, 6.07) is 21.9. The average Bonchev–Trinajstić information content (AvgIpc) is 3.52. The predicted molar refractivity (Wildman–Crippen MR) is 106 cm³/mol. The van der Waals surface area contributed by atoms with Crippen molar-refractivity contribution in [3.8, 4) is 11.4 Å². The zero-order valence-corrected chi connectivity index (χ0v) is 15.3. The van der Waals surface area contributed by atoms with Crippen LogP contribution in [0.15, 0.2) is 66.7 Å². The van der Waals surface area contributed by atoms with Crippen LogP contribution >= 0.6 is 0 Å². The van der Waals surface area contributed by atoms with Gasteiger partial charge in [-0.25, -0.2) is 9.97 Å². The molecule has 0 bridgehead atoms. The van der Waals surface area contributed by atoms with Crippen molar-refractivity contribution in [2.75, 3.05) is 12.4 Å². The smallest absolute Gasteiger partial charge is 0.272 e. The third-order valence-corrected chi connectivity index (χ3v) is 4.52. The van der Waals surface area contributed by atoms with Gasteiger partial charge in [-0.15, -0.1) is 0 Å². The van der Waals surface area contributed by atoms with Gasteiger partial charge in [0.25, 0.3) is 5.91 Å². The van der Waals surface area contributed by atoms with Gasteiger partial charge >= 0.3 is 0 Å². The molecular formula is C22H22N4O. The van der Waals surface area contributed by atoms with Gasteiger partial charge in [-0.3, -0.25) is 4.79 Å². The number of anilines is 1. The molecule has 0 atom stereocenters. The number of nitrogens with one attached hydrogen (secondary N) is 1. The Kier molecular flexibility index (Phi) is 4.83. The second-order valence-corrected chi connectivity index (χ2v) is 6.89. The van der Waals surface area contributed by atoms with Crippen LogP contribution in [0.4, 0.5) is 5.82 Å². The van der Waals surface area contributed by atoms with E-state index in [1.807, 2.05) is 60.7 Å². The topological polar surface area (TPSA) is 58.1 Å². The van der Waals surface area contributed by atoms with Gasteiger partial charge in [0.05, 0.1) is 0 Å². The lowest BCUT2D eigenvalue weighted by molar-refractivity contribution is 0.0779. The van der Waals surface area contributed by atoms with E-state index in [2.05, 4.69) is 15.3 Å². The summed E-state index contributed by atoms with van der Waals surface area (Å²) < 4.78 is 0. The molecular weight excluding hydrogens is 336 g/mol. The highest BCUT2D eigenvalue weighted by Gasteiger charge is 2.23. The summed E-state index contributed by atoms with van der Waals surface area (Å²) in [5.74, 6) is 1.16. The van der Waals surface area contributed by atoms with Gasteiger partial charge in [0.2, 0.25) is 0 Å². The number of amides is 1. The molecule has 1 amide bonds. The molecule has 1 N–H and O–H groups in total. The Labute approximate surface area is 159 Å². The number of hydrogen-bond donors (Lipinski definition) is 1. The van der Waals surface area contributed by atoms with Crippen molar-refractivity contribution in [3.05, 3.63) is 78.0 Å². The van der Waals surface area contributed by atoms with Crippen LogP contribution in [-0.4, -0.2) is 33.9 Å². The molecule has 3 aromatic rings. The van der Waals surface area contributed by atoms with Crippen LogP contribution in [0.2, 0.25) is 0 Å². The van der Waals surface area contributed by atoms with E-state index in [1.165, 1.54) is 0 Å². The fraction of sp³-hybridized carbons (Fsp3) is 0.227. The molecule has 1 fully saturated rings. The molecule has 136 valence electrons. The van der Waals surface area contributed by atoms with Gasteiger partial charge in [-0.2, -0.15) is 0 Å². The minimum absolute atomic E-state index is 0.114. The zero-order chi connectivity index (χ0) is 18.6. The van der Waals surface area contributed by atoms with E-state index in [9.17, 15) is 4.79 Å². The number of rotatable bonds is 6. The molecule has 27 heavy (non-hydrogen) atoms. The van der Waals surface area contributed by atoms with Crippen molar-refractivity contribution in [3.63, 3.8) is 0 Å². The van der Waals surface area contributed by atoms with Gasteiger partial charge in [0.1, 0.15) is 11.5 Å². The standard InChI is InChI=1S/C22H22N4O/c1-26(15-16-8-4-2-5-9-16)22(27)19-14-20(23-18-12-13-18)25-21(24-19)17-10-6-3-7-11-17/h2-11,14,18H,12-13,15H2,1H3,(H,23,24,25). The van der Waals surface area contributed by atoms with Crippen molar-refractivity contribution >= 4 is 11.7 Å². The van der Waals surface area contributed by atoms with E-state index in [4.69, 9.17) is 0 Å². The first-order chi connectivity index (χ1) is 13.2. The van der Waals surface area contributed by atoms with E-state index in [0.29, 0.717) is 29.9 Å². The van der Waals surface area contributed by atoms with E-state index < -0.39 is 0 Å². The maximum absolute atomic E-state index is 13.0. The molecule has 2 aromatic carbocycles. The molecule has 0 unspecified atom stereocenters. The van der Waals surface area contributed by atoms with E-state index in [1.54, 1.807) is 18.0 Å². The number of carbonyl (C=O) groups is 1. The molecule has 5 nitrogen and oxygen atoms in total. The Balaban J connectivity index is 1.62. The van der Waals surface area contributed by atoms with Crippen LogP contribution in [0.1, 0.15) is 28.9 Å². The third-order valence-electron chi connectivity index (χ3n) is 4.52. The first-order valence-corrected chi connectivity index (χ1v) is 9.19. The Morgan fingerprint density at radius 2 is 1.70 bits per heavy atom. The molecule has 1 aliphatic rings. The van der Waals surface area contributed by atoms with Gasteiger partial charge in [0.15, 0.2) is 5.82 Å². The van der Waals surface area contributed by atoms with Crippen molar-refractivity contribution in [1.29, 1.82) is 0 Å². The molecule has 1 aromatic heterocycles. The minimum Gasteiger partial charge on any atom is -0.367 e. The molecule has 1 aliphatic carbocycles. The fourth-order valence-corrected chi connectivity index (χ4v) is 2.91. The molecule has 1 saturated carbocycles. The quantitative estimate of drug-likeness (QED) is 0.724. The Hall–Kier alpha value is -3.21. The zero-order valence-electron chi connectivity index (χ0n) is 15.3. The number of carbonyl (C=O) groups excluding carboxylic acids is 1. The third kappa shape index (κ3) is 4.31. The first-order valence-electron chi connectivity index (χ1n) is 9.19. The summed E-state index contributed by atoms with van der Waals surface area (Å²) in [6.07, 6.45) is 2.28. The molecule has 0 spiro atoms. The van der Waals surface area contributed by atoms with Gasteiger partial charge in [-0.05, 0) is 18.4 Å².